The van der Waals surface area contributed by atoms with Crippen LogP contribution >= 0.6 is 7.82 Å². The normalized spacial score (nSPS) is 14.9. The largest absolute Gasteiger partial charge is 0.472 e. The van der Waals surface area contributed by atoms with Crippen LogP contribution in [0.1, 0.15) is 155 Å². The summed E-state index contributed by atoms with van der Waals surface area (Å²) in [6, 6.07) is -0.748. The zero-order valence-electron chi connectivity index (χ0n) is 28.3. The number of unbranched alkanes of at least 4 members (excludes halogenated alkanes) is 18. The molecule has 3 unspecified atom stereocenters. The molecule has 0 fully saturated rings. The maximum Gasteiger partial charge on any atom is 0.472 e. The quantitative estimate of drug-likeness (QED) is 0.0409. The number of nitrogens with zero attached hydrogens (tertiary/aromatic N) is 1. The monoisotopic (exact) mass is 621 g/mol. The summed E-state index contributed by atoms with van der Waals surface area (Å²) in [5, 5.41) is 13.8. The Balaban J connectivity index is 4.47. The van der Waals surface area contributed by atoms with Gasteiger partial charge in [-0.2, -0.15) is 0 Å². The topological polar surface area (TPSA) is 105 Å². The Morgan fingerprint density at radius 3 is 1.60 bits per heavy atom. The minimum Gasteiger partial charge on any atom is -0.391 e. The van der Waals surface area contributed by atoms with Crippen LogP contribution in [0.4, 0.5) is 0 Å². The third-order valence-corrected chi connectivity index (χ3v) is 8.84. The van der Waals surface area contributed by atoms with Gasteiger partial charge in [0.2, 0.25) is 5.91 Å². The van der Waals surface area contributed by atoms with E-state index in [1.54, 1.807) is 0 Å². The first-order valence-corrected chi connectivity index (χ1v) is 18.9. The summed E-state index contributed by atoms with van der Waals surface area (Å²) in [7, 11) is 1.62. The van der Waals surface area contributed by atoms with Crippen molar-refractivity contribution in [1.82, 2.24) is 5.32 Å². The van der Waals surface area contributed by atoms with Gasteiger partial charge in [0.1, 0.15) is 13.2 Å². The molecule has 8 nitrogen and oxygen atoms in total. The summed E-state index contributed by atoms with van der Waals surface area (Å²) in [6.45, 7) is 4.82. The van der Waals surface area contributed by atoms with Gasteiger partial charge < -0.3 is 19.8 Å². The Hall–Kier alpha value is -0.500. The second-order valence-corrected chi connectivity index (χ2v) is 14.7. The van der Waals surface area contributed by atoms with Crippen LogP contribution in [0.5, 0.6) is 0 Å². The van der Waals surface area contributed by atoms with E-state index in [0.29, 0.717) is 23.9 Å². The SMILES string of the molecule is CCCCCCCCCCCCCCCC(O)C(COP(=O)(O)OCC[N+](C)(C)C)NC(=O)CCCCCCCCC. The fourth-order valence-corrected chi connectivity index (χ4v) is 5.72. The molecule has 0 aromatic heterocycles. The number of rotatable bonds is 31. The standard InChI is InChI=1S/C33H69N2O6P/c1-6-8-10-12-14-15-16-17-18-19-21-22-24-26-32(36)31(30-41-42(38,39)40-29-28-35(3,4)5)34-33(37)27-25-23-20-13-11-9-7-2/h31-32,36H,6-30H2,1-5H3,(H-,34,37,38,39)/p+1. The van der Waals surface area contributed by atoms with Crippen molar-refractivity contribution in [3.8, 4) is 0 Å². The predicted octanol–water partition coefficient (Wildman–Crippen LogP) is 8.29. The zero-order valence-corrected chi connectivity index (χ0v) is 29.1. The van der Waals surface area contributed by atoms with Crippen molar-refractivity contribution in [2.75, 3.05) is 40.9 Å². The summed E-state index contributed by atoms with van der Waals surface area (Å²) in [6.07, 6.45) is 24.2. The molecule has 42 heavy (non-hydrogen) atoms. The van der Waals surface area contributed by atoms with Crippen molar-refractivity contribution in [3.63, 3.8) is 0 Å². The summed E-state index contributed by atoms with van der Waals surface area (Å²) >= 11 is 0. The van der Waals surface area contributed by atoms with Gasteiger partial charge in [0.25, 0.3) is 0 Å². The van der Waals surface area contributed by atoms with Crippen molar-refractivity contribution in [3.05, 3.63) is 0 Å². The molecule has 0 rings (SSSR count). The lowest BCUT2D eigenvalue weighted by atomic mass is 10.0. The highest BCUT2D eigenvalue weighted by atomic mass is 31.2. The maximum atomic E-state index is 12.6. The van der Waals surface area contributed by atoms with Crippen molar-refractivity contribution in [2.24, 2.45) is 0 Å². The van der Waals surface area contributed by atoms with Crippen molar-refractivity contribution >= 4 is 13.7 Å². The molecule has 0 heterocycles. The van der Waals surface area contributed by atoms with E-state index >= 15 is 0 Å². The number of likely N-dealkylation sites (N-methyl/N-ethyl adjacent to an activating group) is 1. The van der Waals surface area contributed by atoms with Crippen molar-refractivity contribution < 1.29 is 32.9 Å². The van der Waals surface area contributed by atoms with Crippen LogP contribution in [0.15, 0.2) is 0 Å². The fourth-order valence-electron chi connectivity index (χ4n) is 4.98. The van der Waals surface area contributed by atoms with Crippen LogP contribution in [0, 0.1) is 0 Å². The van der Waals surface area contributed by atoms with Gasteiger partial charge in [-0.3, -0.25) is 13.8 Å². The molecule has 0 saturated carbocycles. The lowest BCUT2D eigenvalue weighted by Gasteiger charge is -2.26. The lowest BCUT2D eigenvalue weighted by Crippen LogP contribution is -2.46. The Kier molecular flexibility index (Phi) is 26.5. The molecule has 0 bridgehead atoms. The van der Waals surface area contributed by atoms with Crippen LogP contribution in [0.25, 0.3) is 0 Å². The van der Waals surface area contributed by atoms with Gasteiger partial charge in [-0.25, -0.2) is 4.57 Å². The maximum absolute atomic E-state index is 12.6. The van der Waals surface area contributed by atoms with E-state index in [1.807, 2.05) is 21.1 Å². The summed E-state index contributed by atoms with van der Waals surface area (Å²) < 4.78 is 23.4. The Labute approximate surface area is 259 Å². The number of phosphoric ester groups is 1. The van der Waals surface area contributed by atoms with E-state index in [1.165, 1.54) is 89.9 Å². The molecule has 0 aliphatic rings. The number of carbonyl (C=O) groups is 1. The molecule has 0 aliphatic heterocycles. The Morgan fingerprint density at radius 1 is 0.714 bits per heavy atom. The number of phosphoric acid groups is 1. The Morgan fingerprint density at radius 2 is 1.14 bits per heavy atom. The zero-order chi connectivity index (χ0) is 31.5. The second kappa shape index (κ2) is 26.9. The molecular weight excluding hydrogens is 551 g/mol. The van der Waals surface area contributed by atoms with Crippen LogP contribution in [0.2, 0.25) is 0 Å². The fraction of sp³-hybridized carbons (Fsp3) is 0.970. The van der Waals surface area contributed by atoms with E-state index in [2.05, 4.69) is 19.2 Å². The van der Waals surface area contributed by atoms with Crippen LogP contribution in [-0.4, -0.2) is 73.4 Å². The minimum absolute atomic E-state index is 0.0775. The molecule has 0 aromatic carbocycles. The van der Waals surface area contributed by atoms with Crippen molar-refractivity contribution in [1.29, 1.82) is 0 Å². The van der Waals surface area contributed by atoms with Crippen LogP contribution in [0.3, 0.4) is 0 Å². The lowest BCUT2D eigenvalue weighted by molar-refractivity contribution is -0.870. The number of amides is 1. The molecule has 3 N–H and O–H groups in total. The number of quaternary nitrogens is 1. The molecule has 1 amide bonds. The van der Waals surface area contributed by atoms with Gasteiger partial charge in [0.15, 0.2) is 0 Å². The van der Waals surface area contributed by atoms with E-state index in [4.69, 9.17) is 9.05 Å². The van der Waals surface area contributed by atoms with E-state index in [-0.39, 0.29) is 19.1 Å². The van der Waals surface area contributed by atoms with Gasteiger partial charge in [-0.1, -0.05) is 136 Å². The highest BCUT2D eigenvalue weighted by molar-refractivity contribution is 7.47. The highest BCUT2D eigenvalue weighted by Gasteiger charge is 2.28. The molecule has 0 aliphatic carbocycles. The first kappa shape index (κ1) is 41.5. The molecule has 0 saturated heterocycles. The first-order valence-electron chi connectivity index (χ1n) is 17.4. The van der Waals surface area contributed by atoms with Gasteiger partial charge >= 0.3 is 7.82 Å². The molecule has 0 aromatic rings. The van der Waals surface area contributed by atoms with E-state index in [9.17, 15) is 19.4 Å². The average molecular weight is 622 g/mol. The molecule has 252 valence electrons. The van der Waals surface area contributed by atoms with E-state index < -0.39 is 20.0 Å². The average Bonchev–Trinajstić information content (AvgIpc) is 2.92. The number of carbonyl (C=O) groups excluding carboxylic acids is 1. The molecular formula is C33H70N2O6P+. The van der Waals surface area contributed by atoms with Gasteiger partial charge in [-0.15, -0.1) is 0 Å². The van der Waals surface area contributed by atoms with Gasteiger partial charge in [0.05, 0.1) is 39.9 Å². The number of aliphatic hydroxyl groups is 1. The Bertz CT molecular complexity index is 673. The molecule has 0 radical (unpaired) electrons. The van der Waals surface area contributed by atoms with Crippen LogP contribution < -0.4 is 5.32 Å². The molecule has 0 spiro atoms. The van der Waals surface area contributed by atoms with E-state index in [0.717, 1.165) is 38.5 Å². The number of nitrogens with one attached hydrogen (secondary N) is 1. The summed E-state index contributed by atoms with van der Waals surface area (Å²) in [5.41, 5.74) is 0. The van der Waals surface area contributed by atoms with Gasteiger partial charge in [0, 0.05) is 6.42 Å². The third kappa shape index (κ3) is 28.3. The van der Waals surface area contributed by atoms with Gasteiger partial charge in [-0.05, 0) is 12.8 Å². The summed E-state index contributed by atoms with van der Waals surface area (Å²) in [4.78, 5) is 22.8. The number of hydrogen-bond donors (Lipinski definition) is 3. The first-order chi connectivity index (χ1) is 20.0. The smallest absolute Gasteiger partial charge is 0.391 e. The number of hydrogen-bond acceptors (Lipinski definition) is 5. The minimum atomic E-state index is -4.29. The highest BCUT2D eigenvalue weighted by Crippen LogP contribution is 2.43. The third-order valence-electron chi connectivity index (χ3n) is 7.86. The number of aliphatic hydroxyl groups excluding tert-OH is 1. The predicted molar refractivity (Wildman–Crippen MR) is 175 cm³/mol. The molecule has 3 atom stereocenters. The second-order valence-electron chi connectivity index (χ2n) is 13.3. The molecule has 9 heteroatoms. The van der Waals surface area contributed by atoms with Crippen molar-refractivity contribution in [2.45, 2.75) is 167 Å². The summed E-state index contributed by atoms with van der Waals surface area (Å²) in [5.74, 6) is -0.153. The van der Waals surface area contributed by atoms with Crippen LogP contribution in [-0.2, 0) is 18.4 Å².